The summed E-state index contributed by atoms with van der Waals surface area (Å²) >= 11 is 0. The molecule has 4 rings (SSSR count). The van der Waals surface area contributed by atoms with Crippen LogP contribution in [0.25, 0.3) is 10.9 Å². The molecule has 152 valence electrons. The molecule has 0 atom stereocenters. The lowest BCUT2D eigenvalue weighted by atomic mass is 10.1. The minimum atomic E-state index is -0.838. The van der Waals surface area contributed by atoms with Crippen molar-refractivity contribution in [2.24, 2.45) is 0 Å². The number of aryl methyl sites for hydroxylation is 1. The van der Waals surface area contributed by atoms with Crippen molar-refractivity contribution in [3.8, 4) is 5.75 Å². The van der Waals surface area contributed by atoms with Gasteiger partial charge in [-0.3, -0.25) is 9.59 Å². The maximum Gasteiger partial charge on any atom is 0.298 e. The van der Waals surface area contributed by atoms with Crippen molar-refractivity contribution in [1.82, 2.24) is 9.72 Å². The first kappa shape index (κ1) is 19.4. The van der Waals surface area contributed by atoms with Gasteiger partial charge in [-0.1, -0.05) is 23.4 Å². The van der Waals surface area contributed by atoms with E-state index < -0.39 is 11.7 Å². The summed E-state index contributed by atoms with van der Waals surface area (Å²) < 4.78 is 25.4. The quantitative estimate of drug-likeness (QED) is 0.386. The number of ether oxygens (including phenoxy) is 1. The number of amides is 1. The standard InChI is InChI=1S/C22H18FN3O4/c1-13-10-19(25-30-13)24-22(28)21(27)16-12-26(11-14-6-8-15(23)9-7-14)17-4-3-5-18(29-2)20(16)17/h3-10,12H,11H2,1-2H3,(H,24,25,28). The molecule has 0 unspecified atom stereocenters. The molecule has 0 spiro atoms. The van der Waals surface area contributed by atoms with E-state index in [1.54, 1.807) is 37.4 Å². The van der Waals surface area contributed by atoms with E-state index in [4.69, 9.17) is 9.26 Å². The van der Waals surface area contributed by atoms with Crippen LogP contribution in [0.15, 0.2) is 59.3 Å². The van der Waals surface area contributed by atoms with Gasteiger partial charge in [-0.15, -0.1) is 0 Å². The van der Waals surface area contributed by atoms with Crippen molar-refractivity contribution in [2.75, 3.05) is 12.4 Å². The number of aromatic nitrogens is 2. The number of hydrogen-bond acceptors (Lipinski definition) is 5. The van der Waals surface area contributed by atoms with Gasteiger partial charge in [-0.2, -0.15) is 0 Å². The third-order valence-electron chi connectivity index (χ3n) is 4.67. The molecule has 0 saturated heterocycles. The zero-order valence-electron chi connectivity index (χ0n) is 16.3. The number of carbonyl (C=O) groups is 2. The molecule has 2 aromatic carbocycles. The molecule has 1 N–H and O–H groups in total. The number of anilines is 1. The van der Waals surface area contributed by atoms with Gasteiger partial charge in [0.15, 0.2) is 5.82 Å². The smallest absolute Gasteiger partial charge is 0.298 e. The van der Waals surface area contributed by atoms with Crippen LogP contribution in [0.4, 0.5) is 10.2 Å². The van der Waals surface area contributed by atoms with E-state index in [0.29, 0.717) is 29.0 Å². The average molecular weight is 407 g/mol. The lowest BCUT2D eigenvalue weighted by Crippen LogP contribution is -2.23. The predicted molar refractivity (Wildman–Crippen MR) is 108 cm³/mol. The average Bonchev–Trinajstić information content (AvgIpc) is 3.32. The molecule has 0 bridgehead atoms. The first-order valence-electron chi connectivity index (χ1n) is 9.15. The Kier molecular flexibility index (Phi) is 5.05. The van der Waals surface area contributed by atoms with E-state index in [-0.39, 0.29) is 17.2 Å². The van der Waals surface area contributed by atoms with E-state index in [1.807, 2.05) is 10.6 Å². The maximum absolute atomic E-state index is 13.2. The maximum atomic E-state index is 13.2. The second-order valence-corrected chi connectivity index (χ2v) is 6.76. The van der Waals surface area contributed by atoms with Gasteiger partial charge in [0.1, 0.15) is 17.3 Å². The lowest BCUT2D eigenvalue weighted by molar-refractivity contribution is -0.112. The number of rotatable bonds is 6. The van der Waals surface area contributed by atoms with Gasteiger partial charge in [0.05, 0.1) is 23.6 Å². The molecule has 30 heavy (non-hydrogen) atoms. The Balaban J connectivity index is 1.73. The first-order valence-corrected chi connectivity index (χ1v) is 9.15. The normalized spacial score (nSPS) is 10.9. The molecule has 0 aliphatic heterocycles. The Bertz CT molecular complexity index is 1240. The number of nitrogens with zero attached hydrogens (tertiary/aromatic N) is 2. The van der Waals surface area contributed by atoms with Crippen LogP contribution >= 0.6 is 0 Å². The van der Waals surface area contributed by atoms with Crippen LogP contribution in [0.1, 0.15) is 21.7 Å². The molecule has 0 saturated carbocycles. The van der Waals surface area contributed by atoms with E-state index in [9.17, 15) is 14.0 Å². The zero-order valence-corrected chi connectivity index (χ0v) is 16.3. The Morgan fingerprint density at radius 2 is 1.97 bits per heavy atom. The van der Waals surface area contributed by atoms with Gasteiger partial charge in [-0.25, -0.2) is 4.39 Å². The Morgan fingerprint density at radius 1 is 1.20 bits per heavy atom. The summed E-state index contributed by atoms with van der Waals surface area (Å²) in [6.07, 6.45) is 1.60. The molecule has 2 aromatic heterocycles. The third kappa shape index (κ3) is 3.67. The highest BCUT2D eigenvalue weighted by molar-refractivity contribution is 6.48. The fraction of sp³-hybridized carbons (Fsp3) is 0.136. The topological polar surface area (TPSA) is 86.4 Å². The van der Waals surface area contributed by atoms with E-state index in [2.05, 4.69) is 10.5 Å². The summed E-state index contributed by atoms with van der Waals surface area (Å²) in [7, 11) is 1.50. The molecule has 0 aliphatic rings. The van der Waals surface area contributed by atoms with Crippen LogP contribution in [0.3, 0.4) is 0 Å². The molecular weight excluding hydrogens is 389 g/mol. The number of fused-ring (bicyclic) bond motifs is 1. The highest BCUT2D eigenvalue weighted by Gasteiger charge is 2.24. The number of Topliss-reactive ketones (excluding diaryl/α,β-unsaturated/α-hetero) is 1. The molecule has 7 nitrogen and oxygen atoms in total. The van der Waals surface area contributed by atoms with Gasteiger partial charge in [0.2, 0.25) is 0 Å². The Labute approximate surface area is 171 Å². The largest absolute Gasteiger partial charge is 0.496 e. The van der Waals surface area contributed by atoms with Crippen LogP contribution in [-0.4, -0.2) is 28.5 Å². The SMILES string of the molecule is COc1cccc2c1c(C(=O)C(=O)Nc1cc(C)on1)cn2Cc1ccc(F)cc1. The zero-order chi connectivity index (χ0) is 21.3. The molecule has 0 fully saturated rings. The number of nitrogens with one attached hydrogen (secondary N) is 1. The van der Waals surface area contributed by atoms with Gasteiger partial charge in [0, 0.05) is 18.8 Å². The Hall–Kier alpha value is -3.94. The van der Waals surface area contributed by atoms with Crippen molar-refractivity contribution in [2.45, 2.75) is 13.5 Å². The minimum Gasteiger partial charge on any atom is -0.496 e. The number of benzene rings is 2. The molecule has 0 radical (unpaired) electrons. The van der Waals surface area contributed by atoms with Crippen molar-refractivity contribution in [1.29, 1.82) is 0 Å². The van der Waals surface area contributed by atoms with Crippen LogP contribution in [0.2, 0.25) is 0 Å². The number of halogens is 1. The predicted octanol–water partition coefficient (Wildman–Crippen LogP) is 3.96. The fourth-order valence-corrected chi connectivity index (χ4v) is 3.30. The van der Waals surface area contributed by atoms with Crippen LogP contribution in [-0.2, 0) is 11.3 Å². The molecule has 8 heteroatoms. The first-order chi connectivity index (χ1) is 14.5. The van der Waals surface area contributed by atoms with E-state index in [1.165, 1.54) is 25.3 Å². The van der Waals surface area contributed by atoms with Crippen molar-refractivity contribution in [3.05, 3.63) is 77.4 Å². The van der Waals surface area contributed by atoms with Crippen LogP contribution < -0.4 is 10.1 Å². The number of hydrogen-bond donors (Lipinski definition) is 1. The van der Waals surface area contributed by atoms with Gasteiger partial charge >= 0.3 is 0 Å². The summed E-state index contributed by atoms with van der Waals surface area (Å²) in [5.41, 5.74) is 1.76. The highest BCUT2D eigenvalue weighted by atomic mass is 19.1. The molecule has 2 heterocycles. The Morgan fingerprint density at radius 3 is 2.63 bits per heavy atom. The lowest BCUT2D eigenvalue weighted by Gasteiger charge is -2.07. The highest BCUT2D eigenvalue weighted by Crippen LogP contribution is 2.31. The van der Waals surface area contributed by atoms with Crippen molar-refractivity contribution < 1.29 is 23.2 Å². The summed E-state index contributed by atoms with van der Waals surface area (Å²) in [6.45, 7) is 2.07. The molecular formula is C22H18FN3O4. The fourth-order valence-electron chi connectivity index (χ4n) is 3.30. The summed E-state index contributed by atoms with van der Waals surface area (Å²) in [6, 6.07) is 13.0. The van der Waals surface area contributed by atoms with E-state index in [0.717, 1.165) is 5.56 Å². The van der Waals surface area contributed by atoms with Crippen molar-refractivity contribution in [3.63, 3.8) is 0 Å². The van der Waals surface area contributed by atoms with Crippen molar-refractivity contribution >= 4 is 28.4 Å². The van der Waals surface area contributed by atoms with Gasteiger partial charge in [-0.05, 0) is 36.8 Å². The van der Waals surface area contributed by atoms with Crippen LogP contribution in [0.5, 0.6) is 5.75 Å². The molecule has 0 aliphatic carbocycles. The van der Waals surface area contributed by atoms with E-state index >= 15 is 0 Å². The van der Waals surface area contributed by atoms with Crippen LogP contribution in [0, 0.1) is 12.7 Å². The number of carbonyl (C=O) groups excluding carboxylic acids is 2. The monoisotopic (exact) mass is 407 g/mol. The summed E-state index contributed by atoms with van der Waals surface area (Å²) in [5.74, 6) is -0.756. The summed E-state index contributed by atoms with van der Waals surface area (Å²) in [5, 5.41) is 6.65. The number of ketones is 1. The molecule has 4 aromatic rings. The summed E-state index contributed by atoms with van der Waals surface area (Å²) in [4.78, 5) is 25.5. The van der Waals surface area contributed by atoms with Gasteiger partial charge < -0.3 is 19.1 Å². The minimum absolute atomic E-state index is 0.160. The second kappa shape index (κ2) is 7.82. The number of methoxy groups -OCH3 is 1. The van der Waals surface area contributed by atoms with Gasteiger partial charge in [0.25, 0.3) is 11.7 Å². The second-order valence-electron chi connectivity index (χ2n) is 6.76. The molecule has 1 amide bonds. The third-order valence-corrected chi connectivity index (χ3v) is 4.67.